The van der Waals surface area contributed by atoms with Crippen molar-refractivity contribution in [3.05, 3.63) is 41.4 Å². The third kappa shape index (κ3) is 2.78. The smallest absolute Gasteiger partial charge is 0.185 e. The van der Waals surface area contributed by atoms with E-state index in [1.165, 1.54) is 5.69 Å². The number of piperazine rings is 1. The Morgan fingerprint density at radius 3 is 2.35 bits per heavy atom. The van der Waals surface area contributed by atoms with Gasteiger partial charge in [0.25, 0.3) is 0 Å². The van der Waals surface area contributed by atoms with E-state index in [0.717, 1.165) is 36.2 Å². The van der Waals surface area contributed by atoms with Gasteiger partial charge in [-0.2, -0.15) is 0 Å². The van der Waals surface area contributed by atoms with Crippen LogP contribution >= 0.6 is 11.3 Å². The van der Waals surface area contributed by atoms with E-state index in [9.17, 15) is 0 Å². The summed E-state index contributed by atoms with van der Waals surface area (Å²) in [5.41, 5.74) is 7.21. The van der Waals surface area contributed by atoms with Crippen molar-refractivity contribution in [1.82, 2.24) is 4.98 Å². The molecular formula is C15H20N4S. The highest BCUT2D eigenvalue weighted by Gasteiger charge is 2.19. The van der Waals surface area contributed by atoms with Gasteiger partial charge in [0.15, 0.2) is 5.13 Å². The first-order valence-corrected chi connectivity index (χ1v) is 7.82. The SMILES string of the molecule is CC(N)c1cnc(N2CCN(c3ccccc3)CC2)s1. The fourth-order valence-corrected chi connectivity index (χ4v) is 3.35. The molecule has 0 amide bonds. The van der Waals surface area contributed by atoms with Crippen LogP contribution in [0.25, 0.3) is 0 Å². The van der Waals surface area contributed by atoms with Crippen LogP contribution in [0.4, 0.5) is 10.8 Å². The molecule has 1 saturated heterocycles. The van der Waals surface area contributed by atoms with Crippen LogP contribution in [0.15, 0.2) is 36.5 Å². The first-order valence-electron chi connectivity index (χ1n) is 7.00. The Morgan fingerprint density at radius 1 is 1.10 bits per heavy atom. The Balaban J connectivity index is 1.63. The summed E-state index contributed by atoms with van der Waals surface area (Å²) < 4.78 is 0. The zero-order valence-electron chi connectivity index (χ0n) is 11.7. The number of anilines is 2. The molecule has 4 nitrogen and oxygen atoms in total. The summed E-state index contributed by atoms with van der Waals surface area (Å²) in [6.07, 6.45) is 1.91. The van der Waals surface area contributed by atoms with E-state index < -0.39 is 0 Å². The maximum absolute atomic E-state index is 5.90. The molecule has 2 heterocycles. The molecule has 1 fully saturated rings. The molecule has 0 spiro atoms. The van der Waals surface area contributed by atoms with Crippen molar-refractivity contribution < 1.29 is 0 Å². The molecule has 106 valence electrons. The Morgan fingerprint density at radius 2 is 1.75 bits per heavy atom. The van der Waals surface area contributed by atoms with E-state index in [1.54, 1.807) is 11.3 Å². The van der Waals surface area contributed by atoms with Gasteiger partial charge in [-0.3, -0.25) is 0 Å². The fraction of sp³-hybridized carbons (Fsp3) is 0.400. The average Bonchev–Trinajstić information content (AvgIpc) is 2.98. The van der Waals surface area contributed by atoms with Gasteiger partial charge >= 0.3 is 0 Å². The van der Waals surface area contributed by atoms with Crippen LogP contribution in [0.2, 0.25) is 0 Å². The third-order valence-corrected chi connectivity index (χ3v) is 4.89. The van der Waals surface area contributed by atoms with Gasteiger partial charge in [0.2, 0.25) is 0 Å². The molecule has 1 unspecified atom stereocenters. The number of hydrogen-bond acceptors (Lipinski definition) is 5. The molecule has 0 bridgehead atoms. The molecule has 1 atom stereocenters. The van der Waals surface area contributed by atoms with E-state index in [-0.39, 0.29) is 6.04 Å². The van der Waals surface area contributed by atoms with Crippen molar-refractivity contribution in [2.75, 3.05) is 36.0 Å². The van der Waals surface area contributed by atoms with E-state index in [0.29, 0.717) is 0 Å². The molecule has 1 aliphatic rings. The predicted molar refractivity (Wildman–Crippen MR) is 85.6 cm³/mol. The van der Waals surface area contributed by atoms with Crippen LogP contribution in [-0.4, -0.2) is 31.2 Å². The van der Waals surface area contributed by atoms with Gasteiger partial charge in [-0.15, -0.1) is 11.3 Å². The summed E-state index contributed by atoms with van der Waals surface area (Å²) in [7, 11) is 0. The number of aromatic nitrogens is 1. The van der Waals surface area contributed by atoms with Gasteiger partial charge in [0, 0.05) is 49.0 Å². The topological polar surface area (TPSA) is 45.4 Å². The highest BCUT2D eigenvalue weighted by atomic mass is 32.1. The van der Waals surface area contributed by atoms with Crippen molar-refractivity contribution in [1.29, 1.82) is 0 Å². The number of thiazole rings is 1. The Hall–Kier alpha value is -1.59. The molecule has 1 aliphatic heterocycles. The van der Waals surface area contributed by atoms with E-state index in [4.69, 9.17) is 5.73 Å². The molecule has 20 heavy (non-hydrogen) atoms. The molecule has 2 N–H and O–H groups in total. The molecule has 2 aromatic rings. The zero-order chi connectivity index (χ0) is 13.9. The lowest BCUT2D eigenvalue weighted by molar-refractivity contribution is 0.652. The monoisotopic (exact) mass is 288 g/mol. The van der Waals surface area contributed by atoms with Crippen LogP contribution in [-0.2, 0) is 0 Å². The number of nitrogens with zero attached hydrogens (tertiary/aromatic N) is 3. The average molecular weight is 288 g/mol. The van der Waals surface area contributed by atoms with Crippen molar-refractivity contribution in [2.45, 2.75) is 13.0 Å². The summed E-state index contributed by atoms with van der Waals surface area (Å²) in [5, 5.41) is 1.10. The maximum Gasteiger partial charge on any atom is 0.185 e. The van der Waals surface area contributed by atoms with Crippen molar-refractivity contribution >= 4 is 22.2 Å². The Labute approximate surface area is 123 Å². The van der Waals surface area contributed by atoms with Crippen molar-refractivity contribution in [3.63, 3.8) is 0 Å². The van der Waals surface area contributed by atoms with Crippen LogP contribution in [0.3, 0.4) is 0 Å². The van der Waals surface area contributed by atoms with Gasteiger partial charge in [-0.05, 0) is 19.1 Å². The van der Waals surface area contributed by atoms with E-state index in [1.807, 2.05) is 13.1 Å². The summed E-state index contributed by atoms with van der Waals surface area (Å²) in [5.74, 6) is 0. The normalized spacial score (nSPS) is 17.3. The summed E-state index contributed by atoms with van der Waals surface area (Å²) in [6.45, 7) is 6.11. The van der Waals surface area contributed by atoms with E-state index >= 15 is 0 Å². The van der Waals surface area contributed by atoms with Gasteiger partial charge < -0.3 is 15.5 Å². The van der Waals surface area contributed by atoms with Gasteiger partial charge in [0.05, 0.1) is 0 Å². The van der Waals surface area contributed by atoms with Crippen LogP contribution in [0, 0.1) is 0 Å². The standard InChI is InChI=1S/C15H20N4S/c1-12(16)14-11-17-15(20-14)19-9-7-18(8-10-19)13-5-3-2-4-6-13/h2-6,11-12H,7-10,16H2,1H3. The molecular weight excluding hydrogens is 268 g/mol. The highest BCUT2D eigenvalue weighted by molar-refractivity contribution is 7.15. The molecule has 1 aromatic heterocycles. The number of benzene rings is 1. The van der Waals surface area contributed by atoms with Crippen molar-refractivity contribution in [3.8, 4) is 0 Å². The maximum atomic E-state index is 5.90. The number of rotatable bonds is 3. The fourth-order valence-electron chi connectivity index (χ4n) is 2.43. The molecule has 5 heteroatoms. The molecule has 3 rings (SSSR count). The van der Waals surface area contributed by atoms with Crippen LogP contribution < -0.4 is 15.5 Å². The molecule has 1 aromatic carbocycles. The quantitative estimate of drug-likeness (QED) is 0.942. The Bertz CT molecular complexity index is 544. The molecule has 0 saturated carbocycles. The lowest BCUT2D eigenvalue weighted by Crippen LogP contribution is -2.46. The summed E-state index contributed by atoms with van der Waals surface area (Å²) in [4.78, 5) is 10.4. The first kappa shape index (κ1) is 13.4. The third-order valence-electron chi connectivity index (χ3n) is 3.63. The number of nitrogens with two attached hydrogens (primary N) is 1. The van der Waals surface area contributed by atoms with E-state index in [2.05, 4.69) is 45.1 Å². The second-order valence-corrected chi connectivity index (χ2v) is 6.18. The lowest BCUT2D eigenvalue weighted by Gasteiger charge is -2.36. The van der Waals surface area contributed by atoms with Gasteiger partial charge in [0.1, 0.15) is 0 Å². The second-order valence-electron chi connectivity index (χ2n) is 5.14. The largest absolute Gasteiger partial charge is 0.368 e. The summed E-state index contributed by atoms with van der Waals surface area (Å²) in [6, 6.07) is 10.7. The minimum atomic E-state index is 0.0758. The van der Waals surface area contributed by atoms with Gasteiger partial charge in [-0.1, -0.05) is 18.2 Å². The van der Waals surface area contributed by atoms with Crippen molar-refractivity contribution in [2.24, 2.45) is 5.73 Å². The lowest BCUT2D eigenvalue weighted by atomic mass is 10.2. The molecule has 0 aliphatic carbocycles. The number of para-hydroxylation sites is 1. The highest BCUT2D eigenvalue weighted by Crippen LogP contribution is 2.27. The van der Waals surface area contributed by atoms with Crippen LogP contribution in [0.5, 0.6) is 0 Å². The summed E-state index contributed by atoms with van der Waals surface area (Å²) >= 11 is 1.72. The first-order chi connectivity index (χ1) is 9.74. The molecule has 0 radical (unpaired) electrons. The Kier molecular flexibility index (Phi) is 3.89. The zero-order valence-corrected chi connectivity index (χ0v) is 12.5. The minimum absolute atomic E-state index is 0.0758. The minimum Gasteiger partial charge on any atom is -0.368 e. The van der Waals surface area contributed by atoms with Crippen LogP contribution in [0.1, 0.15) is 17.8 Å². The number of hydrogen-bond donors (Lipinski definition) is 1. The second kappa shape index (κ2) is 5.81. The van der Waals surface area contributed by atoms with Gasteiger partial charge in [-0.25, -0.2) is 4.98 Å². The predicted octanol–water partition coefficient (Wildman–Crippen LogP) is 2.49.